The number of hydrogen-bond acceptors (Lipinski definition) is 4. The second-order valence-electron chi connectivity index (χ2n) is 7.79. The first-order valence-electron chi connectivity index (χ1n) is 11.1. The number of rotatable bonds is 17. The maximum Gasteiger partial charge on any atom is 0.303 e. The molecule has 0 unspecified atom stereocenters. The van der Waals surface area contributed by atoms with Gasteiger partial charge in [0.05, 0.1) is 0 Å². The topological polar surface area (TPSA) is 98.0 Å². The van der Waals surface area contributed by atoms with Crippen molar-refractivity contribution in [2.24, 2.45) is 0 Å². The summed E-state index contributed by atoms with van der Waals surface area (Å²) < 4.78 is 0. The molecule has 1 aromatic carbocycles. The molecule has 4 N–H and O–H groups in total. The summed E-state index contributed by atoms with van der Waals surface area (Å²) in [5, 5.41) is 37.4. The smallest absolute Gasteiger partial charge is 0.303 e. The van der Waals surface area contributed by atoms with Gasteiger partial charge in [0.15, 0.2) is 0 Å². The molecule has 1 rings (SSSR count). The van der Waals surface area contributed by atoms with Gasteiger partial charge in [0, 0.05) is 24.1 Å². The van der Waals surface area contributed by atoms with Gasteiger partial charge in [-0.1, -0.05) is 57.1 Å². The molecule has 29 heavy (non-hydrogen) atoms. The second kappa shape index (κ2) is 15.7. The molecule has 0 heterocycles. The van der Waals surface area contributed by atoms with Crippen LogP contribution < -0.4 is 0 Å². The van der Waals surface area contributed by atoms with Crippen molar-refractivity contribution in [3.63, 3.8) is 0 Å². The van der Waals surface area contributed by atoms with Crippen LogP contribution in [0.3, 0.4) is 0 Å². The van der Waals surface area contributed by atoms with Crippen molar-refractivity contribution in [1.29, 1.82) is 0 Å². The highest BCUT2D eigenvalue weighted by Gasteiger charge is 2.09. The van der Waals surface area contributed by atoms with Gasteiger partial charge in [0.1, 0.15) is 17.2 Å². The van der Waals surface area contributed by atoms with Gasteiger partial charge in [-0.3, -0.25) is 4.79 Å². The van der Waals surface area contributed by atoms with Gasteiger partial charge in [-0.2, -0.15) is 0 Å². The van der Waals surface area contributed by atoms with Crippen LogP contribution >= 0.6 is 0 Å². The highest BCUT2D eigenvalue weighted by atomic mass is 16.4. The molecule has 0 fully saturated rings. The third-order valence-electron chi connectivity index (χ3n) is 5.16. The van der Waals surface area contributed by atoms with Crippen LogP contribution in [-0.2, 0) is 11.2 Å². The number of aliphatic carboxylic acids is 1. The van der Waals surface area contributed by atoms with Gasteiger partial charge >= 0.3 is 5.97 Å². The average Bonchev–Trinajstić information content (AvgIpc) is 2.65. The summed E-state index contributed by atoms with van der Waals surface area (Å²) in [4.78, 5) is 10.4. The van der Waals surface area contributed by atoms with Crippen LogP contribution in [0.15, 0.2) is 24.3 Å². The van der Waals surface area contributed by atoms with Gasteiger partial charge < -0.3 is 20.4 Å². The van der Waals surface area contributed by atoms with Crippen LogP contribution in [0.2, 0.25) is 0 Å². The molecule has 0 aliphatic heterocycles. The lowest BCUT2D eigenvalue weighted by Crippen LogP contribution is -1.93. The molecule has 0 aliphatic carbocycles. The predicted molar refractivity (Wildman–Crippen MR) is 117 cm³/mol. The first kappa shape index (κ1) is 24.9. The Morgan fingerprint density at radius 3 is 1.66 bits per heavy atom. The lowest BCUT2D eigenvalue weighted by molar-refractivity contribution is -0.137. The summed E-state index contributed by atoms with van der Waals surface area (Å²) in [5.41, 5.74) is 0.521. The van der Waals surface area contributed by atoms with E-state index in [1.165, 1.54) is 44.2 Å². The number of phenolic OH excluding ortho intramolecular Hbond substituents is 3. The van der Waals surface area contributed by atoms with E-state index in [4.69, 9.17) is 5.11 Å². The van der Waals surface area contributed by atoms with E-state index in [2.05, 4.69) is 12.2 Å². The quantitative estimate of drug-likeness (QED) is 0.176. The van der Waals surface area contributed by atoms with E-state index in [0.717, 1.165) is 51.4 Å². The molecule has 0 aliphatic rings. The van der Waals surface area contributed by atoms with Gasteiger partial charge in [0.2, 0.25) is 0 Å². The number of unbranched alkanes of at least 4 members (excludes halogenated alkanes) is 11. The third kappa shape index (κ3) is 12.8. The molecule has 1 aromatic rings. The van der Waals surface area contributed by atoms with E-state index >= 15 is 0 Å². The maximum absolute atomic E-state index is 10.4. The molecular formula is C24H38O5. The molecule has 0 bridgehead atoms. The fourth-order valence-electron chi connectivity index (χ4n) is 3.46. The summed E-state index contributed by atoms with van der Waals surface area (Å²) in [6.45, 7) is 0. The Morgan fingerprint density at radius 2 is 1.14 bits per heavy atom. The van der Waals surface area contributed by atoms with Crippen molar-refractivity contribution in [2.75, 3.05) is 0 Å². The first-order valence-corrected chi connectivity index (χ1v) is 11.1. The molecule has 0 aromatic heterocycles. The summed E-state index contributed by atoms with van der Waals surface area (Å²) in [6.07, 6.45) is 19.8. The number of aromatic hydroxyl groups is 3. The van der Waals surface area contributed by atoms with Crippen molar-refractivity contribution in [2.45, 2.75) is 96.3 Å². The third-order valence-corrected chi connectivity index (χ3v) is 5.16. The number of hydrogen-bond donors (Lipinski definition) is 4. The van der Waals surface area contributed by atoms with E-state index in [1.54, 1.807) is 0 Å². The Labute approximate surface area is 175 Å². The number of carbonyl (C=O) groups is 1. The largest absolute Gasteiger partial charge is 0.508 e. The van der Waals surface area contributed by atoms with Gasteiger partial charge in [-0.15, -0.1) is 0 Å². The van der Waals surface area contributed by atoms with Gasteiger partial charge in [0.25, 0.3) is 0 Å². The number of phenols is 3. The number of allylic oxidation sites excluding steroid dienone is 2. The number of carboxylic acids is 1. The van der Waals surface area contributed by atoms with Crippen LogP contribution in [-0.4, -0.2) is 26.4 Å². The van der Waals surface area contributed by atoms with Crippen molar-refractivity contribution in [1.82, 2.24) is 0 Å². The summed E-state index contributed by atoms with van der Waals surface area (Å²) >= 11 is 0. The summed E-state index contributed by atoms with van der Waals surface area (Å²) in [5.74, 6) is -0.881. The van der Waals surface area contributed by atoms with E-state index in [1.807, 2.05) is 0 Å². The molecule has 5 nitrogen and oxygen atoms in total. The Morgan fingerprint density at radius 1 is 0.690 bits per heavy atom. The minimum Gasteiger partial charge on any atom is -0.508 e. The SMILES string of the molecule is O=C(O)CCCCCCC/C=C\CCCCCCCCc1c(O)cc(O)cc1O. The zero-order valence-corrected chi connectivity index (χ0v) is 17.6. The lowest BCUT2D eigenvalue weighted by atomic mass is 10.0. The van der Waals surface area contributed by atoms with E-state index < -0.39 is 5.97 Å². The van der Waals surface area contributed by atoms with Crippen LogP contribution in [0.5, 0.6) is 17.2 Å². The summed E-state index contributed by atoms with van der Waals surface area (Å²) in [6, 6.07) is 2.54. The molecular weight excluding hydrogens is 368 g/mol. The van der Waals surface area contributed by atoms with Crippen molar-refractivity contribution < 1.29 is 25.2 Å². The minimum absolute atomic E-state index is 0.0347. The van der Waals surface area contributed by atoms with Crippen LogP contribution in [0.25, 0.3) is 0 Å². The van der Waals surface area contributed by atoms with E-state index in [0.29, 0.717) is 18.4 Å². The monoisotopic (exact) mass is 406 g/mol. The molecule has 0 atom stereocenters. The van der Waals surface area contributed by atoms with Gasteiger partial charge in [-0.25, -0.2) is 0 Å². The standard InChI is InChI=1S/C24H38O5/c25-20-18-22(26)21(23(27)19-20)16-14-12-10-8-6-4-2-1-3-5-7-9-11-13-15-17-24(28)29/h1,3,18-19,25-27H,2,4-17H2,(H,28,29)/b3-1-. The molecule has 0 amide bonds. The highest BCUT2D eigenvalue weighted by molar-refractivity contribution is 5.66. The maximum atomic E-state index is 10.4. The molecule has 0 spiro atoms. The highest BCUT2D eigenvalue weighted by Crippen LogP contribution is 2.33. The Hall–Kier alpha value is -2.17. The second-order valence-corrected chi connectivity index (χ2v) is 7.79. The van der Waals surface area contributed by atoms with Crippen molar-refractivity contribution >= 4 is 5.97 Å². The van der Waals surface area contributed by atoms with Crippen LogP contribution in [0, 0.1) is 0 Å². The predicted octanol–water partition coefficient (Wildman–Crippen LogP) is 6.45. The van der Waals surface area contributed by atoms with E-state index in [9.17, 15) is 20.1 Å². The number of benzene rings is 1. The fourth-order valence-corrected chi connectivity index (χ4v) is 3.46. The Kier molecular flexibility index (Phi) is 13.5. The van der Waals surface area contributed by atoms with Gasteiger partial charge in [-0.05, 0) is 44.9 Å². The minimum atomic E-state index is -0.692. The molecule has 0 saturated carbocycles. The van der Waals surface area contributed by atoms with Crippen molar-refractivity contribution in [3.05, 3.63) is 29.8 Å². The van der Waals surface area contributed by atoms with Crippen LogP contribution in [0.1, 0.15) is 95.5 Å². The zero-order valence-electron chi connectivity index (χ0n) is 17.6. The zero-order chi connectivity index (χ0) is 21.3. The number of carboxylic acid groups (broad SMARTS) is 1. The Balaban J connectivity index is 1.89. The molecule has 5 heteroatoms. The average molecular weight is 407 g/mol. The lowest BCUT2D eigenvalue weighted by Gasteiger charge is -2.08. The molecule has 0 radical (unpaired) electrons. The normalized spacial score (nSPS) is 11.3. The first-order chi connectivity index (χ1) is 14.0. The van der Waals surface area contributed by atoms with Crippen molar-refractivity contribution in [3.8, 4) is 17.2 Å². The fraction of sp³-hybridized carbons (Fsp3) is 0.625. The summed E-state index contributed by atoms with van der Waals surface area (Å²) in [7, 11) is 0. The Bertz CT molecular complexity index is 586. The van der Waals surface area contributed by atoms with Crippen LogP contribution in [0.4, 0.5) is 0 Å². The molecule has 164 valence electrons. The molecule has 0 saturated heterocycles. The van der Waals surface area contributed by atoms with E-state index in [-0.39, 0.29) is 17.2 Å².